The minimum Gasteiger partial charge on any atom is -0.497 e. The van der Waals surface area contributed by atoms with E-state index in [0.717, 1.165) is 5.56 Å². The zero-order valence-corrected chi connectivity index (χ0v) is 13.4. The van der Waals surface area contributed by atoms with Gasteiger partial charge in [0, 0.05) is 29.4 Å². The topological polar surface area (TPSA) is 66.5 Å². The standard InChI is InChI=1S/C17H22N2O3/c1-11(2)19-9-5-6-14(17(19)20)16(18)13-8-7-12(21-3)10-15(13)22-4/h5-11,16H,18H2,1-4H3. The number of nitrogens with two attached hydrogens (primary N) is 1. The van der Waals surface area contributed by atoms with E-state index in [0.29, 0.717) is 17.1 Å². The summed E-state index contributed by atoms with van der Waals surface area (Å²) in [7, 11) is 3.16. The van der Waals surface area contributed by atoms with Gasteiger partial charge in [-0.25, -0.2) is 0 Å². The smallest absolute Gasteiger partial charge is 0.255 e. The fourth-order valence-electron chi connectivity index (χ4n) is 2.41. The molecule has 2 rings (SSSR count). The van der Waals surface area contributed by atoms with Crippen molar-refractivity contribution in [3.05, 3.63) is 58.0 Å². The first-order valence-electron chi connectivity index (χ1n) is 7.18. The maximum absolute atomic E-state index is 12.6. The van der Waals surface area contributed by atoms with Crippen LogP contribution in [0.4, 0.5) is 0 Å². The maximum atomic E-state index is 12.6. The summed E-state index contributed by atoms with van der Waals surface area (Å²) >= 11 is 0. The van der Waals surface area contributed by atoms with Gasteiger partial charge >= 0.3 is 0 Å². The lowest BCUT2D eigenvalue weighted by molar-refractivity contribution is 0.389. The van der Waals surface area contributed by atoms with E-state index < -0.39 is 6.04 Å². The third kappa shape index (κ3) is 2.99. The van der Waals surface area contributed by atoms with Crippen molar-refractivity contribution in [2.45, 2.75) is 25.9 Å². The van der Waals surface area contributed by atoms with Gasteiger partial charge in [0.25, 0.3) is 5.56 Å². The average Bonchev–Trinajstić information content (AvgIpc) is 2.53. The van der Waals surface area contributed by atoms with E-state index in [1.165, 1.54) is 0 Å². The molecule has 118 valence electrons. The molecule has 1 atom stereocenters. The summed E-state index contributed by atoms with van der Waals surface area (Å²) in [5.41, 5.74) is 7.53. The van der Waals surface area contributed by atoms with E-state index in [2.05, 4.69) is 0 Å². The van der Waals surface area contributed by atoms with E-state index >= 15 is 0 Å². The van der Waals surface area contributed by atoms with Crippen LogP contribution in [0.15, 0.2) is 41.3 Å². The highest BCUT2D eigenvalue weighted by Crippen LogP contribution is 2.30. The Morgan fingerprint density at radius 2 is 1.82 bits per heavy atom. The highest BCUT2D eigenvalue weighted by Gasteiger charge is 2.19. The normalized spacial score (nSPS) is 12.3. The number of pyridine rings is 1. The van der Waals surface area contributed by atoms with Crippen molar-refractivity contribution in [1.29, 1.82) is 0 Å². The van der Waals surface area contributed by atoms with E-state index in [9.17, 15) is 4.79 Å². The Bertz CT molecular complexity index is 707. The van der Waals surface area contributed by atoms with Gasteiger partial charge in [0.05, 0.1) is 20.3 Å². The van der Waals surface area contributed by atoms with Gasteiger partial charge in [-0.15, -0.1) is 0 Å². The maximum Gasteiger partial charge on any atom is 0.255 e. The van der Waals surface area contributed by atoms with Gasteiger partial charge in [0.1, 0.15) is 11.5 Å². The molecule has 1 aromatic heterocycles. The van der Waals surface area contributed by atoms with Crippen LogP contribution in [0.25, 0.3) is 0 Å². The van der Waals surface area contributed by atoms with Gasteiger partial charge in [-0.05, 0) is 32.0 Å². The Balaban J connectivity index is 2.51. The minimum atomic E-state index is -0.556. The van der Waals surface area contributed by atoms with Gasteiger partial charge in [0.2, 0.25) is 0 Å². The Kier molecular flexibility index (Phi) is 4.88. The first kappa shape index (κ1) is 16.1. The quantitative estimate of drug-likeness (QED) is 0.921. The van der Waals surface area contributed by atoms with Crippen LogP contribution in [0, 0.1) is 0 Å². The van der Waals surface area contributed by atoms with E-state index in [4.69, 9.17) is 15.2 Å². The van der Waals surface area contributed by atoms with Crippen molar-refractivity contribution in [3.8, 4) is 11.5 Å². The van der Waals surface area contributed by atoms with Gasteiger partial charge in [-0.3, -0.25) is 4.79 Å². The lowest BCUT2D eigenvalue weighted by atomic mass is 9.99. The molecule has 0 spiro atoms. The zero-order chi connectivity index (χ0) is 16.3. The number of hydrogen-bond donors (Lipinski definition) is 1. The Morgan fingerprint density at radius 3 is 2.41 bits per heavy atom. The van der Waals surface area contributed by atoms with Crippen LogP contribution < -0.4 is 20.8 Å². The lowest BCUT2D eigenvalue weighted by Crippen LogP contribution is -2.29. The summed E-state index contributed by atoms with van der Waals surface area (Å²) in [5, 5.41) is 0. The molecule has 0 fully saturated rings. The lowest BCUT2D eigenvalue weighted by Gasteiger charge is -2.18. The molecule has 0 radical (unpaired) electrons. The monoisotopic (exact) mass is 302 g/mol. The molecule has 2 N–H and O–H groups in total. The van der Waals surface area contributed by atoms with Crippen molar-refractivity contribution in [2.75, 3.05) is 14.2 Å². The second-order valence-corrected chi connectivity index (χ2v) is 5.36. The van der Waals surface area contributed by atoms with Crippen molar-refractivity contribution in [1.82, 2.24) is 4.57 Å². The molecular weight excluding hydrogens is 280 g/mol. The second kappa shape index (κ2) is 6.66. The highest BCUT2D eigenvalue weighted by atomic mass is 16.5. The number of benzene rings is 1. The average molecular weight is 302 g/mol. The van der Waals surface area contributed by atoms with Crippen molar-refractivity contribution in [2.24, 2.45) is 5.73 Å². The summed E-state index contributed by atoms with van der Waals surface area (Å²) < 4.78 is 12.2. The zero-order valence-electron chi connectivity index (χ0n) is 13.4. The molecule has 1 heterocycles. The predicted octanol–water partition coefficient (Wildman–Crippen LogP) is 2.49. The number of ether oxygens (including phenoxy) is 2. The third-order valence-corrected chi connectivity index (χ3v) is 3.67. The molecule has 0 bridgehead atoms. The molecule has 1 unspecified atom stereocenters. The Morgan fingerprint density at radius 1 is 1.09 bits per heavy atom. The molecule has 1 aromatic carbocycles. The van der Waals surface area contributed by atoms with Gasteiger partial charge in [0.15, 0.2) is 0 Å². The number of nitrogens with zero attached hydrogens (tertiary/aromatic N) is 1. The minimum absolute atomic E-state index is 0.0807. The summed E-state index contributed by atoms with van der Waals surface area (Å²) in [6, 6.07) is 8.52. The molecule has 0 aliphatic carbocycles. The van der Waals surface area contributed by atoms with Crippen LogP contribution in [0.1, 0.15) is 37.1 Å². The van der Waals surface area contributed by atoms with Crippen molar-refractivity contribution < 1.29 is 9.47 Å². The van der Waals surface area contributed by atoms with Gasteiger partial charge < -0.3 is 19.8 Å². The molecule has 5 nitrogen and oxygen atoms in total. The molecule has 0 saturated heterocycles. The van der Waals surface area contributed by atoms with Crippen LogP contribution in [0.5, 0.6) is 11.5 Å². The van der Waals surface area contributed by atoms with E-state index in [1.807, 2.05) is 32.0 Å². The van der Waals surface area contributed by atoms with Crippen LogP contribution in [-0.4, -0.2) is 18.8 Å². The van der Waals surface area contributed by atoms with Crippen LogP contribution in [0.3, 0.4) is 0 Å². The Hall–Kier alpha value is -2.27. The van der Waals surface area contributed by atoms with Crippen LogP contribution >= 0.6 is 0 Å². The van der Waals surface area contributed by atoms with Crippen LogP contribution in [-0.2, 0) is 0 Å². The number of methoxy groups -OCH3 is 2. The molecule has 22 heavy (non-hydrogen) atoms. The van der Waals surface area contributed by atoms with Crippen molar-refractivity contribution >= 4 is 0 Å². The largest absolute Gasteiger partial charge is 0.497 e. The second-order valence-electron chi connectivity index (χ2n) is 5.36. The predicted molar refractivity (Wildman–Crippen MR) is 86.7 cm³/mol. The molecule has 0 aliphatic rings. The fourth-order valence-corrected chi connectivity index (χ4v) is 2.41. The van der Waals surface area contributed by atoms with Gasteiger partial charge in [-0.2, -0.15) is 0 Å². The molecule has 5 heteroatoms. The summed E-state index contributed by atoms with van der Waals surface area (Å²) in [6.07, 6.45) is 1.77. The molecule has 0 aliphatic heterocycles. The summed E-state index contributed by atoms with van der Waals surface area (Å²) in [4.78, 5) is 12.6. The van der Waals surface area contributed by atoms with Crippen LogP contribution in [0.2, 0.25) is 0 Å². The van der Waals surface area contributed by atoms with Gasteiger partial charge in [-0.1, -0.05) is 6.07 Å². The third-order valence-electron chi connectivity index (χ3n) is 3.67. The number of rotatable bonds is 5. The number of aromatic nitrogens is 1. The molecule has 0 saturated carbocycles. The Labute approximate surface area is 130 Å². The van der Waals surface area contributed by atoms with E-state index in [-0.39, 0.29) is 11.6 Å². The van der Waals surface area contributed by atoms with E-state index in [1.54, 1.807) is 37.1 Å². The summed E-state index contributed by atoms with van der Waals surface area (Å²) in [6.45, 7) is 3.93. The molecule has 0 amide bonds. The molecule has 2 aromatic rings. The van der Waals surface area contributed by atoms with Crippen molar-refractivity contribution in [3.63, 3.8) is 0 Å². The molecular formula is C17H22N2O3. The first-order valence-corrected chi connectivity index (χ1v) is 7.18. The fraction of sp³-hybridized carbons (Fsp3) is 0.353. The summed E-state index contributed by atoms with van der Waals surface area (Å²) in [5.74, 6) is 1.28. The first-order chi connectivity index (χ1) is 10.5. The highest BCUT2D eigenvalue weighted by molar-refractivity contribution is 5.45. The SMILES string of the molecule is COc1ccc(C(N)c2cccn(C(C)C)c2=O)c(OC)c1. The number of hydrogen-bond acceptors (Lipinski definition) is 4.